The normalized spacial score (nSPS) is 11.3. The van der Waals surface area contributed by atoms with Gasteiger partial charge in [-0.2, -0.15) is 4.98 Å². The monoisotopic (exact) mass is 336 g/mol. The molecule has 3 aromatic heterocycles. The Kier molecular flexibility index (Phi) is 3.68. The number of furan rings is 1. The van der Waals surface area contributed by atoms with Crippen molar-refractivity contribution in [1.82, 2.24) is 19.7 Å². The second kappa shape index (κ2) is 6.01. The first-order valence-electron chi connectivity index (χ1n) is 8.06. The summed E-state index contributed by atoms with van der Waals surface area (Å²) in [6.07, 6.45) is 2.42. The van der Waals surface area contributed by atoms with E-state index in [0.29, 0.717) is 29.7 Å². The molecule has 4 rings (SSSR count). The summed E-state index contributed by atoms with van der Waals surface area (Å²) < 4.78 is 12.3. The van der Waals surface area contributed by atoms with Crippen LogP contribution < -0.4 is 5.56 Å². The number of aryl methyl sites for hydroxylation is 2. The molecule has 0 bridgehead atoms. The number of hydrogen-bond acceptors (Lipinski definition) is 6. The van der Waals surface area contributed by atoms with Gasteiger partial charge < -0.3 is 13.5 Å². The van der Waals surface area contributed by atoms with E-state index < -0.39 is 0 Å². The minimum Gasteiger partial charge on any atom is -0.459 e. The summed E-state index contributed by atoms with van der Waals surface area (Å²) in [5.74, 6) is 1.28. The molecule has 0 fully saturated rings. The Hall–Kier alpha value is -3.22. The zero-order chi connectivity index (χ0) is 17.4. The number of rotatable bonds is 4. The summed E-state index contributed by atoms with van der Waals surface area (Å²) in [6, 6.07) is 9.12. The van der Waals surface area contributed by atoms with Gasteiger partial charge in [0.15, 0.2) is 5.76 Å². The van der Waals surface area contributed by atoms with E-state index in [4.69, 9.17) is 8.94 Å². The van der Waals surface area contributed by atoms with Crippen LogP contribution in [0.25, 0.3) is 34.1 Å². The molecule has 0 spiro atoms. The van der Waals surface area contributed by atoms with Gasteiger partial charge in [-0.15, -0.1) is 0 Å². The maximum absolute atomic E-state index is 12.3. The molecule has 0 atom stereocenters. The van der Waals surface area contributed by atoms with Gasteiger partial charge in [-0.3, -0.25) is 4.79 Å². The third kappa shape index (κ3) is 2.63. The highest BCUT2D eigenvalue weighted by molar-refractivity contribution is 5.80. The van der Waals surface area contributed by atoms with Crippen LogP contribution in [0.15, 0.2) is 50.3 Å². The van der Waals surface area contributed by atoms with E-state index in [2.05, 4.69) is 15.1 Å². The lowest BCUT2D eigenvalue weighted by molar-refractivity contribution is 0.417. The molecule has 0 aliphatic heterocycles. The van der Waals surface area contributed by atoms with Crippen LogP contribution in [0.5, 0.6) is 0 Å². The summed E-state index contributed by atoms with van der Waals surface area (Å²) in [4.78, 5) is 21.1. The Labute approximate surface area is 142 Å². The molecule has 0 saturated carbocycles. The second-order valence-electron chi connectivity index (χ2n) is 5.76. The van der Waals surface area contributed by atoms with E-state index in [9.17, 15) is 4.79 Å². The van der Waals surface area contributed by atoms with Gasteiger partial charge in [0.2, 0.25) is 5.82 Å². The number of nitrogens with zero attached hydrogens (tertiary/aromatic N) is 4. The standard InChI is InChI=1S/C18H16N4O3/c1-3-8-22-14-7-6-12(10-13(14)19-11(2)18(22)23)16-20-17(25-21-16)15-5-4-9-24-15/h4-7,9-10H,3,8H2,1-2H3. The van der Waals surface area contributed by atoms with Gasteiger partial charge in [0.1, 0.15) is 5.69 Å². The zero-order valence-electron chi connectivity index (χ0n) is 13.9. The lowest BCUT2D eigenvalue weighted by Crippen LogP contribution is -2.24. The first-order valence-corrected chi connectivity index (χ1v) is 8.06. The number of aromatic nitrogens is 4. The smallest absolute Gasteiger partial charge is 0.293 e. The van der Waals surface area contributed by atoms with Crippen molar-refractivity contribution in [2.75, 3.05) is 0 Å². The summed E-state index contributed by atoms with van der Waals surface area (Å²) in [7, 11) is 0. The van der Waals surface area contributed by atoms with E-state index in [1.54, 1.807) is 29.9 Å². The fraction of sp³-hybridized carbons (Fsp3) is 0.222. The Bertz CT molecular complexity index is 1090. The highest BCUT2D eigenvalue weighted by Gasteiger charge is 2.14. The lowest BCUT2D eigenvalue weighted by atomic mass is 10.1. The third-order valence-corrected chi connectivity index (χ3v) is 3.97. The molecule has 1 aromatic carbocycles. The molecule has 4 aromatic rings. The molecule has 0 amide bonds. The largest absolute Gasteiger partial charge is 0.459 e. The Morgan fingerprint density at radius 3 is 2.84 bits per heavy atom. The van der Waals surface area contributed by atoms with Crippen LogP contribution in [0.2, 0.25) is 0 Å². The highest BCUT2D eigenvalue weighted by atomic mass is 16.5. The Morgan fingerprint density at radius 2 is 2.08 bits per heavy atom. The average Bonchev–Trinajstić information content (AvgIpc) is 3.29. The molecule has 3 heterocycles. The summed E-state index contributed by atoms with van der Waals surface area (Å²) in [6.45, 7) is 4.42. The van der Waals surface area contributed by atoms with Crippen LogP contribution in [-0.4, -0.2) is 19.7 Å². The molecular formula is C18H16N4O3. The predicted molar refractivity (Wildman–Crippen MR) is 92.0 cm³/mol. The van der Waals surface area contributed by atoms with Gasteiger partial charge in [0.05, 0.1) is 17.3 Å². The van der Waals surface area contributed by atoms with Crippen LogP contribution in [0.3, 0.4) is 0 Å². The molecular weight excluding hydrogens is 320 g/mol. The maximum atomic E-state index is 12.3. The van der Waals surface area contributed by atoms with Crippen molar-refractivity contribution in [2.45, 2.75) is 26.8 Å². The van der Waals surface area contributed by atoms with Crippen molar-refractivity contribution >= 4 is 11.0 Å². The zero-order valence-corrected chi connectivity index (χ0v) is 13.9. The number of fused-ring (bicyclic) bond motifs is 1. The molecule has 126 valence electrons. The van der Waals surface area contributed by atoms with Crippen molar-refractivity contribution in [3.63, 3.8) is 0 Å². The van der Waals surface area contributed by atoms with Gasteiger partial charge >= 0.3 is 0 Å². The highest BCUT2D eigenvalue weighted by Crippen LogP contribution is 2.24. The fourth-order valence-electron chi connectivity index (χ4n) is 2.80. The van der Waals surface area contributed by atoms with Crippen LogP contribution in [0, 0.1) is 6.92 Å². The van der Waals surface area contributed by atoms with Crippen LogP contribution in [0.4, 0.5) is 0 Å². The summed E-state index contributed by atoms with van der Waals surface area (Å²) >= 11 is 0. The molecule has 7 nitrogen and oxygen atoms in total. The predicted octanol–water partition coefficient (Wildman–Crippen LogP) is 3.42. The fourth-order valence-corrected chi connectivity index (χ4v) is 2.80. The van der Waals surface area contributed by atoms with Crippen LogP contribution in [0.1, 0.15) is 19.0 Å². The van der Waals surface area contributed by atoms with Crippen LogP contribution in [-0.2, 0) is 6.54 Å². The molecule has 0 aliphatic rings. The van der Waals surface area contributed by atoms with Crippen molar-refractivity contribution in [2.24, 2.45) is 0 Å². The quantitative estimate of drug-likeness (QED) is 0.567. The first kappa shape index (κ1) is 15.3. The van der Waals surface area contributed by atoms with Crippen molar-refractivity contribution in [3.05, 3.63) is 52.6 Å². The number of benzene rings is 1. The van der Waals surface area contributed by atoms with Gasteiger partial charge in [-0.1, -0.05) is 12.1 Å². The van der Waals surface area contributed by atoms with Crippen molar-refractivity contribution in [1.29, 1.82) is 0 Å². The molecule has 7 heteroatoms. The molecule has 0 aliphatic carbocycles. The van der Waals surface area contributed by atoms with Gasteiger partial charge in [0.25, 0.3) is 11.4 Å². The first-order chi connectivity index (χ1) is 12.2. The molecule has 0 radical (unpaired) electrons. The van der Waals surface area contributed by atoms with Gasteiger partial charge in [-0.25, -0.2) is 4.98 Å². The maximum Gasteiger partial charge on any atom is 0.293 e. The molecule has 0 unspecified atom stereocenters. The van der Waals surface area contributed by atoms with E-state index in [1.807, 2.05) is 25.1 Å². The Morgan fingerprint density at radius 1 is 1.20 bits per heavy atom. The minimum absolute atomic E-state index is 0.0539. The third-order valence-electron chi connectivity index (χ3n) is 3.97. The van der Waals surface area contributed by atoms with E-state index in [0.717, 1.165) is 23.0 Å². The molecule has 0 N–H and O–H groups in total. The average molecular weight is 336 g/mol. The van der Waals surface area contributed by atoms with Gasteiger partial charge in [-0.05, 0) is 43.7 Å². The Balaban J connectivity index is 1.82. The number of hydrogen-bond donors (Lipinski definition) is 0. The van der Waals surface area contributed by atoms with Crippen molar-refractivity contribution in [3.8, 4) is 23.0 Å². The van der Waals surface area contributed by atoms with Crippen molar-refractivity contribution < 1.29 is 8.94 Å². The topological polar surface area (TPSA) is 87.0 Å². The molecule has 25 heavy (non-hydrogen) atoms. The summed E-state index contributed by atoms with van der Waals surface area (Å²) in [5, 5.41) is 4.01. The second-order valence-corrected chi connectivity index (χ2v) is 5.76. The van der Waals surface area contributed by atoms with E-state index in [-0.39, 0.29) is 5.56 Å². The van der Waals surface area contributed by atoms with E-state index in [1.165, 1.54) is 0 Å². The lowest BCUT2D eigenvalue weighted by Gasteiger charge is -2.10. The van der Waals surface area contributed by atoms with E-state index >= 15 is 0 Å². The minimum atomic E-state index is -0.0539. The summed E-state index contributed by atoms with van der Waals surface area (Å²) in [5.41, 5.74) is 2.72. The molecule has 0 saturated heterocycles. The van der Waals surface area contributed by atoms with Crippen LogP contribution >= 0.6 is 0 Å². The van der Waals surface area contributed by atoms with Gasteiger partial charge in [0, 0.05) is 12.1 Å². The SMILES string of the molecule is CCCn1c(=O)c(C)nc2cc(-c3noc(-c4ccco4)n3)ccc21.